The van der Waals surface area contributed by atoms with Crippen molar-refractivity contribution in [3.05, 3.63) is 93.3 Å². The van der Waals surface area contributed by atoms with Crippen LogP contribution in [0.1, 0.15) is 32.1 Å². The SMILES string of the molecule is Cc1cc(C(=O)NNC(=O)c2ccccc2[N+](=O)[O-])c(C)n1-c1ccccc1. The van der Waals surface area contributed by atoms with Crippen LogP contribution in [0.5, 0.6) is 0 Å². The summed E-state index contributed by atoms with van der Waals surface area (Å²) in [4.78, 5) is 35.2. The molecule has 1 aromatic heterocycles. The Morgan fingerprint density at radius 3 is 2.11 bits per heavy atom. The van der Waals surface area contributed by atoms with E-state index in [0.717, 1.165) is 11.4 Å². The van der Waals surface area contributed by atoms with E-state index in [0.29, 0.717) is 11.3 Å². The second-order valence-electron chi connectivity index (χ2n) is 6.14. The van der Waals surface area contributed by atoms with E-state index in [1.54, 1.807) is 13.0 Å². The van der Waals surface area contributed by atoms with E-state index in [1.807, 2.05) is 41.8 Å². The number of nitro benzene ring substituents is 1. The van der Waals surface area contributed by atoms with Crippen LogP contribution >= 0.6 is 0 Å². The highest BCUT2D eigenvalue weighted by molar-refractivity contribution is 6.01. The Morgan fingerprint density at radius 1 is 0.893 bits per heavy atom. The first-order valence-electron chi connectivity index (χ1n) is 8.48. The normalized spacial score (nSPS) is 10.4. The lowest BCUT2D eigenvalue weighted by molar-refractivity contribution is -0.385. The zero-order chi connectivity index (χ0) is 20.3. The largest absolute Gasteiger partial charge is 0.318 e. The summed E-state index contributed by atoms with van der Waals surface area (Å²) in [5.74, 6) is -1.28. The maximum atomic E-state index is 12.5. The highest BCUT2D eigenvalue weighted by atomic mass is 16.6. The second kappa shape index (κ2) is 7.75. The summed E-state index contributed by atoms with van der Waals surface area (Å²) in [6.45, 7) is 3.68. The van der Waals surface area contributed by atoms with Crippen LogP contribution < -0.4 is 10.9 Å². The molecule has 8 heteroatoms. The predicted molar refractivity (Wildman–Crippen MR) is 103 cm³/mol. The number of nitrogens with one attached hydrogen (secondary N) is 2. The Kier molecular flexibility index (Phi) is 5.21. The highest BCUT2D eigenvalue weighted by Crippen LogP contribution is 2.21. The van der Waals surface area contributed by atoms with Gasteiger partial charge in [0.15, 0.2) is 0 Å². The number of aryl methyl sites for hydroxylation is 1. The van der Waals surface area contributed by atoms with Crippen LogP contribution in [-0.2, 0) is 0 Å². The lowest BCUT2D eigenvalue weighted by Gasteiger charge is -2.10. The van der Waals surface area contributed by atoms with Crippen molar-refractivity contribution in [3.63, 3.8) is 0 Å². The van der Waals surface area contributed by atoms with E-state index in [9.17, 15) is 19.7 Å². The summed E-state index contributed by atoms with van der Waals surface area (Å²) in [7, 11) is 0. The lowest BCUT2D eigenvalue weighted by atomic mass is 10.2. The van der Waals surface area contributed by atoms with Crippen molar-refractivity contribution in [2.75, 3.05) is 0 Å². The van der Waals surface area contributed by atoms with Crippen molar-refractivity contribution in [1.29, 1.82) is 0 Å². The van der Waals surface area contributed by atoms with E-state index >= 15 is 0 Å². The summed E-state index contributed by atoms with van der Waals surface area (Å²) < 4.78 is 1.93. The van der Waals surface area contributed by atoms with Crippen LogP contribution in [0.15, 0.2) is 60.7 Å². The van der Waals surface area contributed by atoms with Gasteiger partial charge < -0.3 is 4.57 Å². The summed E-state index contributed by atoms with van der Waals surface area (Å²) in [5, 5.41) is 11.0. The van der Waals surface area contributed by atoms with Gasteiger partial charge in [-0.25, -0.2) is 0 Å². The first-order chi connectivity index (χ1) is 13.4. The number of nitro groups is 1. The highest BCUT2D eigenvalue weighted by Gasteiger charge is 2.21. The topological polar surface area (TPSA) is 106 Å². The third-order valence-corrected chi connectivity index (χ3v) is 4.33. The maximum absolute atomic E-state index is 12.5. The summed E-state index contributed by atoms with van der Waals surface area (Å²) in [6.07, 6.45) is 0. The van der Waals surface area contributed by atoms with Crippen molar-refractivity contribution >= 4 is 17.5 Å². The maximum Gasteiger partial charge on any atom is 0.282 e. The number of nitrogens with zero attached hydrogens (tertiary/aromatic N) is 2. The first-order valence-corrected chi connectivity index (χ1v) is 8.48. The number of benzene rings is 2. The Morgan fingerprint density at radius 2 is 1.46 bits per heavy atom. The van der Waals surface area contributed by atoms with Crippen molar-refractivity contribution in [2.45, 2.75) is 13.8 Å². The van der Waals surface area contributed by atoms with Crippen LogP contribution in [0.2, 0.25) is 0 Å². The Balaban J connectivity index is 1.78. The molecule has 0 atom stereocenters. The van der Waals surface area contributed by atoms with Gasteiger partial charge in [-0.1, -0.05) is 30.3 Å². The van der Waals surface area contributed by atoms with Crippen molar-refractivity contribution in [3.8, 4) is 5.69 Å². The Labute approximate surface area is 160 Å². The number of para-hydroxylation sites is 2. The van der Waals surface area contributed by atoms with E-state index in [1.165, 1.54) is 24.3 Å². The molecule has 142 valence electrons. The van der Waals surface area contributed by atoms with Crippen LogP contribution in [0.4, 0.5) is 5.69 Å². The monoisotopic (exact) mass is 378 g/mol. The quantitative estimate of drug-likeness (QED) is 0.537. The van der Waals surface area contributed by atoms with Crippen LogP contribution in [0.25, 0.3) is 5.69 Å². The molecule has 0 saturated carbocycles. The number of carbonyl (C=O) groups is 2. The van der Waals surface area contributed by atoms with Crippen molar-refractivity contribution in [2.24, 2.45) is 0 Å². The number of rotatable bonds is 4. The summed E-state index contributed by atoms with van der Waals surface area (Å²) in [6, 6.07) is 16.8. The number of hydrogen-bond donors (Lipinski definition) is 2. The zero-order valence-electron chi connectivity index (χ0n) is 15.3. The van der Waals surface area contributed by atoms with Gasteiger partial charge in [-0.3, -0.25) is 30.6 Å². The standard InChI is InChI=1S/C20H18N4O4/c1-13-12-17(14(2)23(13)15-8-4-3-5-9-15)20(26)22-21-19(25)16-10-6-7-11-18(16)24(27)28/h3-12H,1-2H3,(H,21,25)(H,22,26). The number of hydrogen-bond acceptors (Lipinski definition) is 4. The lowest BCUT2D eigenvalue weighted by Crippen LogP contribution is -2.42. The number of amides is 2. The molecular weight excluding hydrogens is 360 g/mol. The van der Waals surface area contributed by atoms with Gasteiger partial charge in [-0.05, 0) is 38.1 Å². The van der Waals surface area contributed by atoms with Gasteiger partial charge in [-0.2, -0.15) is 0 Å². The molecule has 3 rings (SSSR count). The number of aromatic nitrogens is 1. The molecule has 2 N–H and O–H groups in total. The first kappa shape index (κ1) is 18.8. The molecule has 0 bridgehead atoms. The van der Waals surface area contributed by atoms with Gasteiger partial charge in [0.05, 0.1) is 10.5 Å². The minimum atomic E-state index is -0.766. The van der Waals surface area contributed by atoms with Gasteiger partial charge in [-0.15, -0.1) is 0 Å². The van der Waals surface area contributed by atoms with Gasteiger partial charge >= 0.3 is 0 Å². The van der Waals surface area contributed by atoms with Crippen LogP contribution in [-0.4, -0.2) is 21.3 Å². The van der Waals surface area contributed by atoms with Gasteiger partial charge in [0, 0.05) is 23.1 Å². The van der Waals surface area contributed by atoms with E-state index in [-0.39, 0.29) is 11.3 Å². The zero-order valence-corrected chi connectivity index (χ0v) is 15.3. The smallest absolute Gasteiger partial charge is 0.282 e. The fraction of sp³-hybridized carbons (Fsp3) is 0.100. The molecule has 0 aliphatic rings. The summed E-state index contributed by atoms with van der Waals surface area (Å²) in [5.41, 5.74) is 6.96. The fourth-order valence-electron chi connectivity index (χ4n) is 3.04. The van der Waals surface area contributed by atoms with Crippen molar-refractivity contribution < 1.29 is 14.5 Å². The molecule has 0 aliphatic heterocycles. The van der Waals surface area contributed by atoms with Gasteiger partial charge in [0.25, 0.3) is 17.5 Å². The molecule has 8 nitrogen and oxygen atoms in total. The molecular formula is C20H18N4O4. The molecule has 1 heterocycles. The minimum Gasteiger partial charge on any atom is -0.318 e. The average Bonchev–Trinajstić information content (AvgIpc) is 3.00. The molecule has 0 fully saturated rings. The molecule has 0 saturated heterocycles. The van der Waals surface area contributed by atoms with Crippen molar-refractivity contribution in [1.82, 2.24) is 15.4 Å². The molecule has 2 amide bonds. The van der Waals surface area contributed by atoms with E-state index < -0.39 is 16.7 Å². The number of hydrazine groups is 1. The molecule has 0 radical (unpaired) electrons. The Hall–Kier alpha value is -3.94. The van der Waals surface area contributed by atoms with Gasteiger partial charge in [0.1, 0.15) is 5.56 Å². The minimum absolute atomic E-state index is 0.137. The molecule has 0 spiro atoms. The predicted octanol–water partition coefficient (Wildman–Crippen LogP) is 3.08. The molecule has 3 aromatic rings. The third-order valence-electron chi connectivity index (χ3n) is 4.33. The molecule has 2 aromatic carbocycles. The Bertz CT molecular complexity index is 1060. The van der Waals surface area contributed by atoms with Gasteiger partial charge in [0.2, 0.25) is 0 Å². The molecule has 28 heavy (non-hydrogen) atoms. The third kappa shape index (κ3) is 3.61. The number of carbonyl (C=O) groups excluding carboxylic acids is 2. The average molecular weight is 378 g/mol. The van der Waals surface area contributed by atoms with E-state index in [4.69, 9.17) is 0 Å². The van der Waals surface area contributed by atoms with E-state index in [2.05, 4.69) is 10.9 Å². The fourth-order valence-corrected chi connectivity index (χ4v) is 3.04. The molecule has 0 aliphatic carbocycles. The van der Waals surface area contributed by atoms with Crippen LogP contribution in [0.3, 0.4) is 0 Å². The molecule has 0 unspecified atom stereocenters. The van der Waals surface area contributed by atoms with Crippen LogP contribution in [0, 0.1) is 24.0 Å². The summed E-state index contributed by atoms with van der Waals surface area (Å²) >= 11 is 0. The second-order valence-corrected chi connectivity index (χ2v) is 6.14.